The van der Waals surface area contributed by atoms with Crippen molar-refractivity contribution in [2.24, 2.45) is 0 Å². The van der Waals surface area contributed by atoms with Crippen LogP contribution >= 0.6 is 11.8 Å². The van der Waals surface area contributed by atoms with Crippen molar-refractivity contribution in [3.63, 3.8) is 0 Å². The van der Waals surface area contributed by atoms with Gasteiger partial charge >= 0.3 is 5.97 Å². The molecule has 3 aromatic carbocycles. The molecule has 0 aliphatic carbocycles. The van der Waals surface area contributed by atoms with Gasteiger partial charge in [-0.3, -0.25) is 4.79 Å². The number of hydrogen-bond donors (Lipinski definition) is 0. The van der Waals surface area contributed by atoms with Crippen molar-refractivity contribution < 1.29 is 9.53 Å². The van der Waals surface area contributed by atoms with E-state index in [1.165, 1.54) is 10.5 Å². The summed E-state index contributed by atoms with van der Waals surface area (Å²) in [5, 5.41) is 1.89. The third-order valence-electron chi connectivity index (χ3n) is 3.87. The van der Waals surface area contributed by atoms with Crippen molar-refractivity contribution in [2.45, 2.75) is 16.6 Å². The molecule has 3 heteroatoms. The lowest BCUT2D eigenvalue weighted by molar-refractivity contribution is -0.133. The van der Waals surface area contributed by atoms with Crippen molar-refractivity contribution in [2.75, 3.05) is 0 Å². The fourth-order valence-corrected chi connectivity index (χ4v) is 3.95. The van der Waals surface area contributed by atoms with Crippen LogP contribution in [0.4, 0.5) is 0 Å². The van der Waals surface area contributed by atoms with Crippen LogP contribution in [0.3, 0.4) is 0 Å². The monoisotopic (exact) mass is 306 g/mol. The number of carbonyl (C=O) groups is 1. The van der Waals surface area contributed by atoms with Crippen molar-refractivity contribution >= 4 is 28.5 Å². The van der Waals surface area contributed by atoms with Gasteiger partial charge in [0, 0.05) is 10.3 Å². The summed E-state index contributed by atoms with van der Waals surface area (Å²) in [6.07, 6.45) is 0.741. The molecule has 1 aliphatic rings. The summed E-state index contributed by atoms with van der Waals surface area (Å²) in [6, 6.07) is 21.9. The molecule has 4 rings (SSSR count). The maximum atomic E-state index is 12.5. The summed E-state index contributed by atoms with van der Waals surface area (Å²) in [6.45, 7) is 0. The molecule has 22 heavy (non-hydrogen) atoms. The average Bonchev–Trinajstić information content (AvgIpc) is 2.99. The van der Waals surface area contributed by atoms with Crippen molar-refractivity contribution in [3.8, 4) is 5.75 Å². The number of esters is 1. The maximum absolute atomic E-state index is 12.5. The van der Waals surface area contributed by atoms with Gasteiger partial charge in [-0.1, -0.05) is 54.6 Å². The number of fused-ring (bicyclic) bond motifs is 2. The molecule has 1 atom stereocenters. The van der Waals surface area contributed by atoms with E-state index in [1.807, 2.05) is 54.6 Å². The first kappa shape index (κ1) is 13.4. The predicted octanol–water partition coefficient (Wildman–Crippen LogP) is 4.46. The van der Waals surface area contributed by atoms with Gasteiger partial charge < -0.3 is 4.74 Å². The molecule has 0 spiro atoms. The van der Waals surface area contributed by atoms with Gasteiger partial charge in [-0.25, -0.2) is 0 Å². The molecule has 3 aromatic rings. The third kappa shape index (κ3) is 2.38. The molecule has 0 bridgehead atoms. The van der Waals surface area contributed by atoms with Crippen LogP contribution in [-0.2, 0) is 11.2 Å². The van der Waals surface area contributed by atoms with Gasteiger partial charge in [0.2, 0.25) is 0 Å². The van der Waals surface area contributed by atoms with E-state index in [0.29, 0.717) is 5.75 Å². The Balaban J connectivity index is 1.58. The van der Waals surface area contributed by atoms with E-state index in [0.717, 1.165) is 17.2 Å². The van der Waals surface area contributed by atoms with Crippen molar-refractivity contribution in [1.82, 2.24) is 0 Å². The van der Waals surface area contributed by atoms with Crippen molar-refractivity contribution in [3.05, 3.63) is 72.3 Å². The molecule has 1 aliphatic heterocycles. The zero-order chi connectivity index (χ0) is 14.9. The fourth-order valence-electron chi connectivity index (χ4n) is 2.77. The topological polar surface area (TPSA) is 26.3 Å². The Bertz CT molecular complexity index is 826. The lowest BCUT2D eigenvalue weighted by atomic mass is 10.1. The molecular weight excluding hydrogens is 292 g/mol. The van der Waals surface area contributed by atoms with E-state index in [1.54, 1.807) is 11.8 Å². The first-order valence-corrected chi connectivity index (χ1v) is 8.13. The van der Waals surface area contributed by atoms with Gasteiger partial charge in [0.1, 0.15) is 11.0 Å². The van der Waals surface area contributed by atoms with Crippen LogP contribution in [-0.4, -0.2) is 11.2 Å². The molecule has 2 nitrogen and oxygen atoms in total. The smallest absolute Gasteiger partial charge is 0.325 e. The molecule has 0 saturated carbocycles. The van der Waals surface area contributed by atoms with Crippen molar-refractivity contribution in [1.29, 1.82) is 0 Å². The molecule has 0 saturated heterocycles. The van der Waals surface area contributed by atoms with Gasteiger partial charge in [0.25, 0.3) is 0 Å². The highest BCUT2D eigenvalue weighted by Crippen LogP contribution is 2.38. The highest BCUT2D eigenvalue weighted by molar-refractivity contribution is 8.01. The second-order valence-electron chi connectivity index (χ2n) is 5.32. The number of rotatable bonds is 2. The van der Waals surface area contributed by atoms with Crippen LogP contribution in [0.5, 0.6) is 5.75 Å². The average molecular weight is 306 g/mol. The Hall–Kier alpha value is -2.26. The Labute approximate surface area is 133 Å². The molecule has 0 amide bonds. The SMILES string of the molecule is O=C(Oc1cccc2ccccc12)C1Cc2ccccc2S1. The summed E-state index contributed by atoms with van der Waals surface area (Å²) < 4.78 is 5.68. The van der Waals surface area contributed by atoms with E-state index >= 15 is 0 Å². The van der Waals surface area contributed by atoms with E-state index in [2.05, 4.69) is 12.1 Å². The van der Waals surface area contributed by atoms with Gasteiger partial charge in [-0.05, 0) is 29.5 Å². The summed E-state index contributed by atoms with van der Waals surface area (Å²) in [5.74, 6) is 0.470. The van der Waals surface area contributed by atoms with Crippen LogP contribution in [0, 0.1) is 0 Å². The molecule has 0 N–H and O–H groups in total. The number of benzene rings is 3. The maximum Gasteiger partial charge on any atom is 0.325 e. The quantitative estimate of drug-likeness (QED) is 0.516. The van der Waals surface area contributed by atoms with Gasteiger partial charge in [0.15, 0.2) is 0 Å². The van der Waals surface area contributed by atoms with Crippen LogP contribution in [0.25, 0.3) is 10.8 Å². The second kappa shape index (κ2) is 5.50. The Kier molecular flexibility index (Phi) is 3.35. The number of carbonyl (C=O) groups excluding carboxylic acids is 1. The first-order chi connectivity index (χ1) is 10.8. The lowest BCUT2D eigenvalue weighted by Crippen LogP contribution is -2.22. The number of thioether (sulfide) groups is 1. The minimum atomic E-state index is -0.169. The molecule has 0 fully saturated rings. The molecule has 1 unspecified atom stereocenters. The first-order valence-electron chi connectivity index (χ1n) is 7.25. The molecular formula is C19H14O2S. The Morgan fingerprint density at radius 1 is 0.955 bits per heavy atom. The summed E-state index contributed by atoms with van der Waals surface area (Å²) in [5.41, 5.74) is 1.23. The molecule has 108 valence electrons. The predicted molar refractivity (Wildman–Crippen MR) is 89.4 cm³/mol. The standard InChI is InChI=1S/C19H14O2S/c20-19(18-12-14-7-2-4-11-17(14)22-18)21-16-10-5-8-13-6-1-3-9-15(13)16/h1-11,18H,12H2. The minimum absolute atomic E-state index is 0.156. The lowest BCUT2D eigenvalue weighted by Gasteiger charge is -2.11. The Morgan fingerprint density at radius 2 is 1.73 bits per heavy atom. The zero-order valence-electron chi connectivity index (χ0n) is 11.9. The third-order valence-corrected chi connectivity index (χ3v) is 5.17. The zero-order valence-corrected chi connectivity index (χ0v) is 12.7. The van der Waals surface area contributed by atoms with Crippen LogP contribution < -0.4 is 4.74 Å². The van der Waals surface area contributed by atoms with E-state index in [9.17, 15) is 4.79 Å². The summed E-state index contributed by atoms with van der Waals surface area (Å²) in [4.78, 5) is 13.7. The summed E-state index contributed by atoms with van der Waals surface area (Å²) in [7, 11) is 0. The Morgan fingerprint density at radius 3 is 2.64 bits per heavy atom. The van der Waals surface area contributed by atoms with E-state index in [4.69, 9.17) is 4.74 Å². The van der Waals surface area contributed by atoms with Gasteiger partial charge in [0.05, 0.1) is 0 Å². The number of hydrogen-bond acceptors (Lipinski definition) is 3. The molecule has 1 heterocycles. The fraction of sp³-hybridized carbons (Fsp3) is 0.105. The van der Waals surface area contributed by atoms with Crippen LogP contribution in [0.15, 0.2) is 71.6 Å². The van der Waals surface area contributed by atoms with E-state index < -0.39 is 0 Å². The minimum Gasteiger partial charge on any atom is -0.425 e. The van der Waals surface area contributed by atoms with Gasteiger partial charge in [-0.2, -0.15) is 0 Å². The van der Waals surface area contributed by atoms with E-state index in [-0.39, 0.29) is 11.2 Å². The summed E-state index contributed by atoms with van der Waals surface area (Å²) >= 11 is 1.59. The molecule has 0 aromatic heterocycles. The van der Waals surface area contributed by atoms with Crippen LogP contribution in [0.2, 0.25) is 0 Å². The number of ether oxygens (including phenoxy) is 1. The highest BCUT2D eigenvalue weighted by atomic mass is 32.2. The largest absolute Gasteiger partial charge is 0.425 e. The van der Waals surface area contributed by atoms with Crippen LogP contribution in [0.1, 0.15) is 5.56 Å². The normalized spacial score (nSPS) is 16.5. The second-order valence-corrected chi connectivity index (χ2v) is 6.56. The highest BCUT2D eigenvalue weighted by Gasteiger charge is 2.29. The van der Waals surface area contributed by atoms with Gasteiger partial charge in [-0.15, -0.1) is 11.8 Å². The molecule has 0 radical (unpaired) electrons.